The van der Waals surface area contributed by atoms with Crippen LogP contribution in [0, 0.1) is 6.92 Å². The van der Waals surface area contributed by atoms with E-state index < -0.39 is 25.6 Å². The van der Waals surface area contributed by atoms with Crippen molar-refractivity contribution < 1.29 is 21.6 Å². The van der Waals surface area contributed by atoms with Crippen LogP contribution in [-0.2, 0) is 25.4 Å². The molecule has 0 fully saturated rings. The number of sulfone groups is 2. The second-order valence-electron chi connectivity index (χ2n) is 6.44. The summed E-state index contributed by atoms with van der Waals surface area (Å²) >= 11 is 0. The van der Waals surface area contributed by atoms with E-state index in [2.05, 4.69) is 5.32 Å². The minimum Gasteiger partial charge on any atom is -0.352 e. The van der Waals surface area contributed by atoms with Gasteiger partial charge in [0.25, 0.3) is 5.91 Å². The fraction of sp³-hybridized carbons (Fsp3) is 0.316. The Morgan fingerprint density at radius 3 is 2.30 bits per heavy atom. The highest BCUT2D eigenvalue weighted by Gasteiger charge is 2.15. The Morgan fingerprint density at radius 1 is 1.00 bits per heavy atom. The molecular formula is C19H23NO5S2. The predicted octanol–water partition coefficient (Wildman–Crippen LogP) is 2.13. The molecule has 1 amide bonds. The van der Waals surface area contributed by atoms with Crippen molar-refractivity contribution in [2.24, 2.45) is 0 Å². The van der Waals surface area contributed by atoms with Crippen LogP contribution in [-0.4, -0.2) is 41.3 Å². The first-order valence-corrected chi connectivity index (χ1v) is 12.1. The third kappa shape index (κ3) is 6.48. The predicted molar refractivity (Wildman–Crippen MR) is 105 cm³/mol. The van der Waals surface area contributed by atoms with Crippen molar-refractivity contribution in [1.82, 2.24) is 5.32 Å². The first-order valence-electron chi connectivity index (χ1n) is 8.42. The van der Waals surface area contributed by atoms with Crippen LogP contribution in [0.15, 0.2) is 53.4 Å². The van der Waals surface area contributed by atoms with E-state index in [-0.39, 0.29) is 34.9 Å². The van der Waals surface area contributed by atoms with Crippen LogP contribution in [0.4, 0.5) is 0 Å². The summed E-state index contributed by atoms with van der Waals surface area (Å²) in [6, 6.07) is 13.3. The van der Waals surface area contributed by atoms with Crippen molar-refractivity contribution in [2.45, 2.75) is 24.0 Å². The Bertz CT molecular complexity index is 1010. The molecule has 2 aromatic rings. The minimum absolute atomic E-state index is 0.0305. The zero-order valence-corrected chi connectivity index (χ0v) is 16.9. The van der Waals surface area contributed by atoms with Crippen molar-refractivity contribution in [3.63, 3.8) is 0 Å². The van der Waals surface area contributed by atoms with Gasteiger partial charge in [0.2, 0.25) is 0 Å². The molecule has 2 rings (SSSR count). The van der Waals surface area contributed by atoms with Crippen LogP contribution in [0.5, 0.6) is 0 Å². The largest absolute Gasteiger partial charge is 0.352 e. The van der Waals surface area contributed by atoms with Crippen LogP contribution in [0.1, 0.15) is 27.9 Å². The monoisotopic (exact) mass is 409 g/mol. The SMILES string of the molecule is Cc1ccc(S(C)(=O)=O)cc1C(=O)NCCCS(=O)(=O)Cc1ccccc1. The number of benzene rings is 2. The molecule has 8 heteroatoms. The number of nitrogens with one attached hydrogen (secondary N) is 1. The van der Waals surface area contributed by atoms with Crippen LogP contribution in [0.25, 0.3) is 0 Å². The summed E-state index contributed by atoms with van der Waals surface area (Å²) in [5.41, 5.74) is 1.65. The first kappa shape index (κ1) is 21.1. The van der Waals surface area contributed by atoms with Crippen molar-refractivity contribution in [3.8, 4) is 0 Å². The van der Waals surface area contributed by atoms with Crippen LogP contribution in [0.3, 0.4) is 0 Å². The molecule has 0 aromatic heterocycles. The smallest absolute Gasteiger partial charge is 0.251 e. The van der Waals surface area contributed by atoms with Gasteiger partial charge < -0.3 is 5.32 Å². The maximum Gasteiger partial charge on any atom is 0.251 e. The van der Waals surface area contributed by atoms with Crippen molar-refractivity contribution in [1.29, 1.82) is 0 Å². The van der Waals surface area contributed by atoms with E-state index in [0.29, 0.717) is 5.56 Å². The van der Waals surface area contributed by atoms with E-state index in [1.54, 1.807) is 37.3 Å². The second-order valence-corrected chi connectivity index (χ2v) is 10.6. The Balaban J connectivity index is 1.91. The van der Waals surface area contributed by atoms with Gasteiger partial charge in [-0.05, 0) is 36.6 Å². The third-order valence-electron chi connectivity index (χ3n) is 4.03. The number of hydrogen-bond acceptors (Lipinski definition) is 5. The molecule has 0 aliphatic rings. The standard InChI is InChI=1S/C19H23NO5S2/c1-15-9-10-17(26(2,22)23)13-18(15)19(21)20-11-6-12-27(24,25)14-16-7-4-3-5-8-16/h3-5,7-10,13H,6,11-12,14H2,1-2H3,(H,20,21). The van der Waals surface area contributed by atoms with E-state index in [1.165, 1.54) is 12.1 Å². The highest BCUT2D eigenvalue weighted by molar-refractivity contribution is 7.90. The molecule has 0 heterocycles. The van der Waals surface area contributed by atoms with E-state index in [9.17, 15) is 21.6 Å². The summed E-state index contributed by atoms with van der Waals surface area (Å²) < 4.78 is 47.6. The quantitative estimate of drug-likeness (QED) is 0.674. The third-order valence-corrected chi connectivity index (χ3v) is 6.82. The maximum atomic E-state index is 12.3. The second kappa shape index (κ2) is 8.67. The average Bonchev–Trinajstić information content (AvgIpc) is 2.58. The van der Waals surface area contributed by atoms with Gasteiger partial charge in [0.1, 0.15) is 0 Å². The van der Waals surface area contributed by atoms with Gasteiger partial charge in [-0.3, -0.25) is 4.79 Å². The summed E-state index contributed by atoms with van der Waals surface area (Å²) in [6.45, 7) is 1.90. The summed E-state index contributed by atoms with van der Waals surface area (Å²) in [7, 11) is -6.67. The molecule has 6 nitrogen and oxygen atoms in total. The minimum atomic E-state index is -3.41. The van der Waals surface area contributed by atoms with Gasteiger partial charge in [0.15, 0.2) is 19.7 Å². The van der Waals surface area contributed by atoms with E-state index in [4.69, 9.17) is 0 Å². The fourth-order valence-electron chi connectivity index (χ4n) is 2.57. The van der Waals surface area contributed by atoms with E-state index >= 15 is 0 Å². The Kier molecular flexibility index (Phi) is 6.78. The van der Waals surface area contributed by atoms with Crippen molar-refractivity contribution in [2.75, 3.05) is 18.6 Å². The summed E-state index contributed by atoms with van der Waals surface area (Å²) in [4.78, 5) is 12.4. The number of aryl methyl sites for hydroxylation is 1. The van der Waals surface area contributed by atoms with Crippen molar-refractivity contribution in [3.05, 3.63) is 65.2 Å². The molecule has 0 aliphatic heterocycles. The average molecular weight is 410 g/mol. The summed E-state index contributed by atoms with van der Waals surface area (Å²) in [6.07, 6.45) is 1.36. The Hall–Kier alpha value is -2.19. The van der Waals surface area contributed by atoms with Crippen LogP contribution in [0.2, 0.25) is 0 Å². The normalized spacial score (nSPS) is 11.9. The summed E-state index contributed by atoms with van der Waals surface area (Å²) in [5, 5.41) is 2.66. The topological polar surface area (TPSA) is 97.4 Å². The first-order chi connectivity index (χ1) is 12.6. The van der Waals surface area contributed by atoms with Gasteiger partial charge in [-0.25, -0.2) is 16.8 Å². The van der Waals surface area contributed by atoms with Gasteiger partial charge in [0.05, 0.1) is 16.4 Å². The maximum absolute atomic E-state index is 12.3. The molecule has 0 saturated carbocycles. The lowest BCUT2D eigenvalue weighted by Gasteiger charge is -2.10. The number of carbonyl (C=O) groups is 1. The lowest BCUT2D eigenvalue weighted by molar-refractivity contribution is 0.0953. The molecule has 146 valence electrons. The number of carbonyl (C=O) groups excluding carboxylic acids is 1. The Morgan fingerprint density at radius 2 is 1.67 bits per heavy atom. The molecule has 0 aliphatic carbocycles. The van der Waals surface area contributed by atoms with E-state index in [1.807, 2.05) is 6.07 Å². The molecule has 0 spiro atoms. The van der Waals surface area contributed by atoms with Gasteiger partial charge >= 0.3 is 0 Å². The lowest BCUT2D eigenvalue weighted by atomic mass is 10.1. The molecule has 0 atom stereocenters. The van der Waals surface area contributed by atoms with Gasteiger partial charge in [0, 0.05) is 18.4 Å². The zero-order chi connectivity index (χ0) is 20.1. The highest BCUT2D eigenvalue weighted by Crippen LogP contribution is 2.15. The summed E-state index contributed by atoms with van der Waals surface area (Å²) in [5.74, 6) is -0.486. The van der Waals surface area contributed by atoms with Crippen LogP contribution < -0.4 is 5.32 Å². The molecule has 0 unspecified atom stereocenters. The van der Waals surface area contributed by atoms with Gasteiger partial charge in [-0.15, -0.1) is 0 Å². The highest BCUT2D eigenvalue weighted by atomic mass is 32.2. The number of amides is 1. The number of rotatable bonds is 8. The molecule has 27 heavy (non-hydrogen) atoms. The fourth-order valence-corrected chi connectivity index (χ4v) is 4.64. The lowest BCUT2D eigenvalue weighted by Crippen LogP contribution is -2.27. The Labute approximate surface area is 160 Å². The molecule has 1 N–H and O–H groups in total. The molecule has 0 bridgehead atoms. The van der Waals surface area contributed by atoms with E-state index in [0.717, 1.165) is 11.8 Å². The molecule has 0 saturated heterocycles. The molecule has 2 aromatic carbocycles. The van der Waals surface area contributed by atoms with Gasteiger partial charge in [-0.1, -0.05) is 36.4 Å². The zero-order valence-electron chi connectivity index (χ0n) is 15.3. The van der Waals surface area contributed by atoms with Crippen LogP contribution >= 0.6 is 0 Å². The van der Waals surface area contributed by atoms with Gasteiger partial charge in [-0.2, -0.15) is 0 Å². The molecular weight excluding hydrogens is 386 g/mol. The van der Waals surface area contributed by atoms with Crippen molar-refractivity contribution >= 4 is 25.6 Å². The molecule has 0 radical (unpaired) electrons. The number of hydrogen-bond donors (Lipinski definition) is 1.